The number of carbonyl (C=O) groups excluding carboxylic acids is 2. The van der Waals surface area contributed by atoms with Gasteiger partial charge in [-0.25, -0.2) is 0 Å². The minimum absolute atomic E-state index is 0.0282. The number of likely N-dealkylation sites (tertiary alicyclic amines) is 1. The van der Waals surface area contributed by atoms with E-state index < -0.39 is 6.04 Å². The van der Waals surface area contributed by atoms with E-state index in [9.17, 15) is 19.2 Å². The summed E-state index contributed by atoms with van der Waals surface area (Å²) in [4.78, 5) is 53.3. The number of nitrogens with one attached hydrogen (secondary N) is 2. The molecule has 2 bridgehead atoms. The lowest BCUT2D eigenvalue weighted by molar-refractivity contribution is -0.134. The lowest BCUT2D eigenvalue weighted by atomic mass is 9.83. The van der Waals surface area contributed by atoms with Crippen molar-refractivity contribution in [2.45, 2.75) is 57.5 Å². The Kier molecular flexibility index (Phi) is 9.24. The van der Waals surface area contributed by atoms with Crippen LogP contribution in [0.2, 0.25) is 0 Å². The number of aryl methyl sites for hydroxylation is 1. The zero-order chi connectivity index (χ0) is 33.2. The van der Waals surface area contributed by atoms with Gasteiger partial charge in [0, 0.05) is 62.8 Å². The molecule has 2 aromatic carbocycles. The molecule has 2 N–H and O–H groups in total. The fraction of sp³-hybridized carbons (Fsp3) is 0.444. The number of anilines is 1. The number of amides is 2. The fourth-order valence-corrected chi connectivity index (χ4v) is 7.57. The van der Waals surface area contributed by atoms with E-state index in [1.807, 2.05) is 27.7 Å². The van der Waals surface area contributed by atoms with Crippen LogP contribution in [0.5, 0.6) is 17.2 Å². The third kappa shape index (κ3) is 6.31. The van der Waals surface area contributed by atoms with Crippen molar-refractivity contribution in [1.82, 2.24) is 14.8 Å². The summed E-state index contributed by atoms with van der Waals surface area (Å²) in [5.41, 5.74) is 4.43. The van der Waals surface area contributed by atoms with E-state index in [4.69, 9.17) is 14.2 Å². The quantitative estimate of drug-likeness (QED) is 0.337. The van der Waals surface area contributed by atoms with Crippen LogP contribution in [0, 0.1) is 5.92 Å². The van der Waals surface area contributed by atoms with Gasteiger partial charge in [0.25, 0.3) is 5.56 Å². The van der Waals surface area contributed by atoms with E-state index in [1.54, 1.807) is 45.6 Å². The number of rotatable bonds is 9. The molecule has 3 atom stereocenters. The molecule has 1 fully saturated rings. The molecule has 2 aliphatic heterocycles. The number of pyridine rings is 1. The third-order valence-electron chi connectivity index (χ3n) is 9.63. The number of aromatic nitrogens is 1. The van der Waals surface area contributed by atoms with Gasteiger partial charge in [-0.1, -0.05) is 12.1 Å². The average Bonchev–Trinajstić information content (AvgIpc) is 3.30. The van der Waals surface area contributed by atoms with E-state index >= 15 is 0 Å². The summed E-state index contributed by atoms with van der Waals surface area (Å²) in [5, 5.41) is 6.28. The maximum absolute atomic E-state index is 13.6. The Morgan fingerprint density at radius 3 is 2.51 bits per heavy atom. The van der Waals surface area contributed by atoms with E-state index in [1.165, 1.54) is 6.92 Å². The monoisotopic (exact) mass is 642 g/mol. The maximum Gasteiger partial charge on any atom is 0.250 e. The van der Waals surface area contributed by atoms with E-state index in [2.05, 4.69) is 10.6 Å². The first-order chi connectivity index (χ1) is 22.7. The van der Waals surface area contributed by atoms with Crippen LogP contribution >= 0.6 is 0 Å². The van der Waals surface area contributed by atoms with Crippen LogP contribution < -0.4 is 35.8 Å². The number of hydrogen-bond donors (Lipinski definition) is 2. The van der Waals surface area contributed by atoms with Gasteiger partial charge < -0.3 is 34.3 Å². The lowest BCUT2D eigenvalue weighted by Gasteiger charge is -2.42. The van der Waals surface area contributed by atoms with Crippen LogP contribution in [0.4, 0.5) is 5.69 Å². The number of fused-ring (bicyclic) bond motifs is 7. The second-order valence-corrected chi connectivity index (χ2v) is 12.6. The molecule has 6 rings (SSSR count). The van der Waals surface area contributed by atoms with Crippen molar-refractivity contribution in [1.29, 1.82) is 0 Å². The first kappa shape index (κ1) is 32.2. The zero-order valence-electron chi connectivity index (χ0n) is 27.4. The van der Waals surface area contributed by atoms with Crippen molar-refractivity contribution in [3.05, 3.63) is 79.9 Å². The molecule has 248 valence electrons. The zero-order valence-corrected chi connectivity index (χ0v) is 27.4. The SMILES string of the molecule is COc1cc2c(c(OC)c1OC)-c1ccc(NCCCC(=O)N3C[C@H]4C[C@@H](C3)c3cccc(=O)n3C4)c(=O)cc1C(NC(C)=O)CC2. The van der Waals surface area contributed by atoms with Gasteiger partial charge in [0.15, 0.2) is 11.5 Å². The highest BCUT2D eigenvalue weighted by atomic mass is 16.5. The fourth-order valence-electron chi connectivity index (χ4n) is 7.57. The Labute approximate surface area is 273 Å². The van der Waals surface area contributed by atoms with Gasteiger partial charge in [-0.3, -0.25) is 19.2 Å². The first-order valence-electron chi connectivity index (χ1n) is 16.2. The Hall–Kier alpha value is -4.80. The molecule has 1 unspecified atom stereocenters. The van der Waals surface area contributed by atoms with Crippen molar-refractivity contribution >= 4 is 17.5 Å². The molecule has 3 aliphatic rings. The summed E-state index contributed by atoms with van der Waals surface area (Å²) >= 11 is 0. The van der Waals surface area contributed by atoms with E-state index in [0.717, 1.165) is 28.8 Å². The third-order valence-corrected chi connectivity index (χ3v) is 9.63. The van der Waals surface area contributed by atoms with E-state index in [-0.39, 0.29) is 34.6 Å². The minimum Gasteiger partial charge on any atom is -0.493 e. The van der Waals surface area contributed by atoms with Gasteiger partial charge in [-0.15, -0.1) is 0 Å². The molecule has 3 heterocycles. The Morgan fingerprint density at radius 2 is 1.77 bits per heavy atom. The van der Waals surface area contributed by atoms with Crippen LogP contribution in [-0.4, -0.2) is 62.2 Å². The van der Waals surface area contributed by atoms with E-state index in [0.29, 0.717) is 80.4 Å². The molecular formula is C36H42N4O7. The molecule has 47 heavy (non-hydrogen) atoms. The largest absolute Gasteiger partial charge is 0.493 e. The van der Waals surface area contributed by atoms with Crippen LogP contribution in [0.15, 0.2) is 52.1 Å². The predicted octanol–water partition coefficient (Wildman–Crippen LogP) is 3.86. The van der Waals surface area contributed by atoms with Gasteiger partial charge in [0.1, 0.15) is 0 Å². The number of nitrogens with zero attached hydrogens (tertiary/aromatic N) is 2. The first-order valence-corrected chi connectivity index (χ1v) is 16.2. The summed E-state index contributed by atoms with van der Waals surface area (Å²) in [6.07, 6.45) is 3.10. The molecule has 3 aromatic rings. The smallest absolute Gasteiger partial charge is 0.250 e. The number of hydrogen-bond acceptors (Lipinski definition) is 8. The topological polar surface area (TPSA) is 128 Å². The standard InChI is InChI=1S/C36H42N4O7/c1-21(41)38-27-12-10-23-16-31(45-2)35(46-3)36(47-4)34(23)25-11-13-28(30(42)17-26(25)27)37-14-6-9-32(43)39-18-22-15-24(20-39)29-7-5-8-33(44)40(29)19-22/h5,7-8,11,13,16-17,22,24,27H,6,9-10,12,14-15,18-20H2,1-4H3,(H,37,42)(H,38,41)/t22-,24+,27?/m1/s1. The molecule has 0 saturated carbocycles. The average molecular weight is 643 g/mol. The highest BCUT2D eigenvalue weighted by Gasteiger charge is 2.36. The predicted molar refractivity (Wildman–Crippen MR) is 179 cm³/mol. The van der Waals surface area contributed by atoms with Crippen molar-refractivity contribution in [3.8, 4) is 28.4 Å². The highest BCUT2D eigenvalue weighted by molar-refractivity contribution is 5.84. The van der Waals surface area contributed by atoms with Gasteiger partial charge in [-0.05, 0) is 72.6 Å². The summed E-state index contributed by atoms with van der Waals surface area (Å²) in [5.74, 6) is 1.83. The number of benzene rings is 1. The molecule has 11 heteroatoms. The van der Waals surface area contributed by atoms with Gasteiger partial charge in [0.2, 0.25) is 23.0 Å². The normalized spacial score (nSPS) is 19.3. The number of carbonyl (C=O) groups is 2. The molecular weight excluding hydrogens is 600 g/mol. The molecule has 1 aromatic heterocycles. The number of methoxy groups -OCH3 is 3. The molecule has 0 radical (unpaired) electrons. The number of piperidine rings is 1. The Bertz CT molecular complexity index is 1820. The Balaban J connectivity index is 1.20. The number of ether oxygens (including phenoxy) is 3. The van der Waals surface area contributed by atoms with Gasteiger partial charge >= 0.3 is 0 Å². The molecule has 2 amide bonds. The van der Waals surface area contributed by atoms with Crippen molar-refractivity contribution < 1.29 is 23.8 Å². The summed E-state index contributed by atoms with van der Waals surface area (Å²) < 4.78 is 19.0. The summed E-state index contributed by atoms with van der Waals surface area (Å²) in [6.45, 7) is 3.84. The van der Waals surface area contributed by atoms with Gasteiger partial charge in [0.05, 0.1) is 33.1 Å². The van der Waals surface area contributed by atoms with Crippen LogP contribution in [0.3, 0.4) is 0 Å². The van der Waals surface area contributed by atoms with Crippen LogP contribution in [0.1, 0.15) is 61.4 Å². The lowest BCUT2D eigenvalue weighted by Crippen LogP contribution is -2.49. The van der Waals surface area contributed by atoms with Crippen molar-refractivity contribution in [3.63, 3.8) is 0 Å². The Morgan fingerprint density at radius 1 is 0.957 bits per heavy atom. The molecule has 1 aliphatic carbocycles. The summed E-state index contributed by atoms with van der Waals surface area (Å²) in [6, 6.07) is 12.2. The van der Waals surface area contributed by atoms with Crippen molar-refractivity contribution in [2.24, 2.45) is 5.92 Å². The highest BCUT2D eigenvalue weighted by Crippen LogP contribution is 2.50. The summed E-state index contributed by atoms with van der Waals surface area (Å²) in [7, 11) is 4.69. The molecule has 11 nitrogen and oxygen atoms in total. The maximum atomic E-state index is 13.6. The minimum atomic E-state index is -0.392. The van der Waals surface area contributed by atoms with Crippen molar-refractivity contribution in [2.75, 3.05) is 46.3 Å². The molecule has 0 spiro atoms. The molecule has 1 saturated heterocycles. The van der Waals surface area contributed by atoms with Crippen LogP contribution in [-0.2, 0) is 22.6 Å². The van der Waals surface area contributed by atoms with Crippen LogP contribution in [0.25, 0.3) is 11.1 Å². The second kappa shape index (κ2) is 13.5. The van der Waals surface area contributed by atoms with Gasteiger partial charge in [-0.2, -0.15) is 0 Å². The second-order valence-electron chi connectivity index (χ2n) is 12.6.